The molecular formula is C17H15BrN2O. The van der Waals surface area contributed by atoms with Crippen LogP contribution >= 0.6 is 15.9 Å². The zero-order valence-corrected chi connectivity index (χ0v) is 13.2. The molecule has 0 amide bonds. The summed E-state index contributed by atoms with van der Waals surface area (Å²) in [6.45, 7) is 1.95. The lowest BCUT2D eigenvalue weighted by Crippen LogP contribution is -2.04. The molecule has 0 aliphatic heterocycles. The quantitative estimate of drug-likeness (QED) is 0.742. The summed E-state index contributed by atoms with van der Waals surface area (Å²) in [5, 5.41) is 1.05. The smallest absolute Gasteiger partial charge is 0.146 e. The van der Waals surface area contributed by atoms with E-state index in [1.54, 1.807) is 6.20 Å². The predicted octanol–water partition coefficient (Wildman–Crippen LogP) is 4.81. The van der Waals surface area contributed by atoms with Crippen LogP contribution in [0.1, 0.15) is 18.5 Å². The van der Waals surface area contributed by atoms with Crippen molar-refractivity contribution in [2.45, 2.75) is 13.0 Å². The lowest BCUT2D eigenvalue weighted by Gasteiger charge is -2.11. The second kappa shape index (κ2) is 5.84. The molecule has 0 aliphatic carbocycles. The molecule has 0 radical (unpaired) electrons. The molecule has 1 heterocycles. The van der Waals surface area contributed by atoms with E-state index in [0.717, 1.165) is 26.7 Å². The van der Waals surface area contributed by atoms with Gasteiger partial charge in [0, 0.05) is 11.4 Å². The second-order valence-electron chi connectivity index (χ2n) is 4.94. The second-order valence-corrected chi connectivity index (χ2v) is 5.80. The molecule has 2 aromatic carbocycles. The van der Waals surface area contributed by atoms with Gasteiger partial charge < -0.3 is 10.5 Å². The van der Waals surface area contributed by atoms with E-state index in [4.69, 9.17) is 10.5 Å². The van der Waals surface area contributed by atoms with Gasteiger partial charge in [-0.05, 0) is 52.7 Å². The molecule has 2 N–H and O–H groups in total. The lowest BCUT2D eigenvalue weighted by molar-refractivity contribution is 0.478. The highest BCUT2D eigenvalue weighted by Gasteiger charge is 2.07. The molecule has 0 saturated heterocycles. The van der Waals surface area contributed by atoms with Crippen molar-refractivity contribution in [3.63, 3.8) is 0 Å². The summed E-state index contributed by atoms with van der Waals surface area (Å²) in [7, 11) is 0. The van der Waals surface area contributed by atoms with Crippen LogP contribution in [-0.4, -0.2) is 4.98 Å². The van der Waals surface area contributed by atoms with Crippen LogP contribution in [0.3, 0.4) is 0 Å². The number of aromatic nitrogens is 1. The average Bonchev–Trinajstić information content (AvgIpc) is 2.49. The summed E-state index contributed by atoms with van der Waals surface area (Å²) < 4.78 is 6.78. The predicted molar refractivity (Wildman–Crippen MR) is 88.6 cm³/mol. The summed E-state index contributed by atoms with van der Waals surface area (Å²) in [4.78, 5) is 4.39. The van der Waals surface area contributed by atoms with E-state index in [9.17, 15) is 0 Å². The highest BCUT2D eigenvalue weighted by molar-refractivity contribution is 9.10. The van der Waals surface area contributed by atoms with E-state index in [-0.39, 0.29) is 6.04 Å². The van der Waals surface area contributed by atoms with Crippen molar-refractivity contribution in [1.29, 1.82) is 0 Å². The van der Waals surface area contributed by atoms with Crippen LogP contribution in [0.15, 0.2) is 59.2 Å². The third-order valence-corrected chi connectivity index (χ3v) is 3.89. The topological polar surface area (TPSA) is 48.1 Å². The first-order valence-electron chi connectivity index (χ1n) is 6.71. The number of rotatable bonds is 3. The van der Waals surface area contributed by atoms with Crippen LogP contribution < -0.4 is 10.5 Å². The molecule has 4 heteroatoms. The Morgan fingerprint density at radius 3 is 2.71 bits per heavy atom. The van der Waals surface area contributed by atoms with Crippen LogP contribution in [0.25, 0.3) is 10.9 Å². The van der Waals surface area contributed by atoms with E-state index < -0.39 is 0 Å². The van der Waals surface area contributed by atoms with Crippen LogP contribution in [0.5, 0.6) is 11.5 Å². The molecule has 0 aliphatic rings. The Morgan fingerprint density at radius 1 is 1.14 bits per heavy atom. The molecule has 0 fully saturated rings. The van der Waals surface area contributed by atoms with Gasteiger partial charge in [0.15, 0.2) is 0 Å². The van der Waals surface area contributed by atoms with Gasteiger partial charge in [-0.15, -0.1) is 0 Å². The Kier molecular flexibility index (Phi) is 3.90. The first kappa shape index (κ1) is 14.0. The fourth-order valence-corrected chi connectivity index (χ4v) is 2.59. The van der Waals surface area contributed by atoms with Crippen molar-refractivity contribution >= 4 is 26.8 Å². The van der Waals surface area contributed by atoms with Gasteiger partial charge in [0.2, 0.25) is 0 Å². The van der Waals surface area contributed by atoms with E-state index in [2.05, 4.69) is 20.9 Å². The molecule has 3 rings (SSSR count). The summed E-state index contributed by atoms with van der Waals surface area (Å²) in [5.74, 6) is 1.46. The Hall–Kier alpha value is -1.91. The molecule has 0 spiro atoms. The maximum atomic E-state index is 5.90. The number of nitrogens with zero attached hydrogens (tertiary/aromatic N) is 1. The Labute approximate surface area is 131 Å². The Balaban J connectivity index is 1.91. The number of ether oxygens (including phenoxy) is 1. The zero-order valence-electron chi connectivity index (χ0n) is 11.6. The monoisotopic (exact) mass is 342 g/mol. The Bertz CT molecular complexity index is 787. The SMILES string of the molecule is C[C@@H](N)c1ccc(Oc2cnc3ccccc3c2)c(Br)c1. The Morgan fingerprint density at radius 2 is 1.95 bits per heavy atom. The van der Waals surface area contributed by atoms with Gasteiger partial charge in [-0.1, -0.05) is 24.3 Å². The molecule has 0 unspecified atom stereocenters. The maximum absolute atomic E-state index is 5.90. The normalized spacial score (nSPS) is 12.3. The molecular weight excluding hydrogens is 328 g/mol. The average molecular weight is 343 g/mol. The lowest BCUT2D eigenvalue weighted by atomic mass is 10.1. The molecule has 1 aromatic heterocycles. The number of hydrogen-bond donors (Lipinski definition) is 1. The number of hydrogen-bond acceptors (Lipinski definition) is 3. The standard InChI is InChI=1S/C17H15BrN2O/c1-11(19)12-6-7-17(15(18)9-12)21-14-8-13-4-2-3-5-16(13)20-10-14/h2-11H,19H2,1H3/t11-/m1/s1. The van der Waals surface area contributed by atoms with Gasteiger partial charge in [0.25, 0.3) is 0 Å². The number of halogens is 1. The molecule has 106 valence electrons. The minimum absolute atomic E-state index is 0.00214. The minimum Gasteiger partial charge on any atom is -0.455 e. The van der Waals surface area contributed by atoms with Crippen molar-refractivity contribution in [1.82, 2.24) is 4.98 Å². The summed E-state index contributed by atoms with van der Waals surface area (Å²) in [6, 6.07) is 15.8. The summed E-state index contributed by atoms with van der Waals surface area (Å²) in [5.41, 5.74) is 7.89. The molecule has 21 heavy (non-hydrogen) atoms. The number of pyridine rings is 1. The van der Waals surface area contributed by atoms with Crippen LogP contribution in [0, 0.1) is 0 Å². The summed E-state index contributed by atoms with van der Waals surface area (Å²) in [6.07, 6.45) is 1.73. The molecule has 0 bridgehead atoms. The van der Waals surface area contributed by atoms with Crippen LogP contribution in [-0.2, 0) is 0 Å². The number of para-hydroxylation sites is 1. The zero-order chi connectivity index (χ0) is 14.8. The molecule has 3 aromatic rings. The van der Waals surface area contributed by atoms with Gasteiger partial charge in [-0.3, -0.25) is 4.98 Å². The van der Waals surface area contributed by atoms with Crippen molar-refractivity contribution in [3.05, 3.63) is 64.8 Å². The van der Waals surface area contributed by atoms with Crippen LogP contribution in [0.4, 0.5) is 0 Å². The third kappa shape index (κ3) is 3.06. The van der Waals surface area contributed by atoms with E-state index in [0.29, 0.717) is 5.75 Å². The third-order valence-electron chi connectivity index (χ3n) is 3.27. The van der Waals surface area contributed by atoms with Gasteiger partial charge in [-0.25, -0.2) is 0 Å². The molecule has 0 saturated carbocycles. The van der Waals surface area contributed by atoms with Gasteiger partial charge >= 0.3 is 0 Å². The van der Waals surface area contributed by atoms with Crippen molar-refractivity contribution < 1.29 is 4.74 Å². The molecule has 1 atom stereocenters. The maximum Gasteiger partial charge on any atom is 0.146 e. The van der Waals surface area contributed by atoms with E-state index in [1.807, 2.05) is 55.5 Å². The van der Waals surface area contributed by atoms with E-state index >= 15 is 0 Å². The van der Waals surface area contributed by atoms with Crippen molar-refractivity contribution in [3.8, 4) is 11.5 Å². The van der Waals surface area contributed by atoms with Crippen molar-refractivity contribution in [2.24, 2.45) is 5.73 Å². The van der Waals surface area contributed by atoms with Gasteiger partial charge in [0.1, 0.15) is 11.5 Å². The highest BCUT2D eigenvalue weighted by atomic mass is 79.9. The molecule has 3 nitrogen and oxygen atoms in total. The van der Waals surface area contributed by atoms with Gasteiger partial charge in [-0.2, -0.15) is 0 Å². The largest absolute Gasteiger partial charge is 0.455 e. The fraction of sp³-hybridized carbons (Fsp3) is 0.118. The van der Waals surface area contributed by atoms with Crippen LogP contribution in [0.2, 0.25) is 0 Å². The first-order valence-corrected chi connectivity index (χ1v) is 7.50. The fourth-order valence-electron chi connectivity index (χ4n) is 2.12. The van der Waals surface area contributed by atoms with E-state index in [1.165, 1.54) is 0 Å². The van der Waals surface area contributed by atoms with Gasteiger partial charge in [0.05, 0.1) is 16.2 Å². The number of benzene rings is 2. The summed E-state index contributed by atoms with van der Waals surface area (Å²) >= 11 is 3.52. The number of nitrogens with two attached hydrogens (primary N) is 1. The minimum atomic E-state index is -0.00214. The first-order chi connectivity index (χ1) is 10.1. The van der Waals surface area contributed by atoms with Crippen molar-refractivity contribution in [2.75, 3.05) is 0 Å². The number of fused-ring (bicyclic) bond motifs is 1. The highest BCUT2D eigenvalue weighted by Crippen LogP contribution is 2.32.